The van der Waals surface area contributed by atoms with Crippen molar-refractivity contribution in [2.24, 2.45) is 23.7 Å². The Bertz CT molecular complexity index is 574. The van der Waals surface area contributed by atoms with E-state index in [1.54, 1.807) is 11.1 Å². The zero-order valence-corrected chi connectivity index (χ0v) is 21.0. The van der Waals surface area contributed by atoms with E-state index in [1.807, 2.05) is 11.1 Å². The normalized spacial score (nSPS) is 38.7. The van der Waals surface area contributed by atoms with Crippen molar-refractivity contribution in [3.05, 3.63) is 46.6 Å². The summed E-state index contributed by atoms with van der Waals surface area (Å²) in [5, 5.41) is 0. The summed E-state index contributed by atoms with van der Waals surface area (Å²) >= 11 is -0.759. The summed E-state index contributed by atoms with van der Waals surface area (Å²) in [7, 11) is 0. The fourth-order valence-electron chi connectivity index (χ4n) is 5.34. The van der Waals surface area contributed by atoms with E-state index in [2.05, 4.69) is 52.0 Å². The van der Waals surface area contributed by atoms with Gasteiger partial charge in [-0.1, -0.05) is 0 Å². The molecule has 0 aromatic heterocycles. The Morgan fingerprint density at radius 1 is 0.640 bits per heavy atom. The first-order valence-electron chi connectivity index (χ1n) is 9.66. The first-order valence-corrected chi connectivity index (χ1v) is 13.8. The minimum atomic E-state index is -0.759. The third-order valence-electron chi connectivity index (χ3n) is 6.82. The third-order valence-corrected chi connectivity index (χ3v) is 13.0. The monoisotopic (exact) mass is 544 g/mol. The first-order chi connectivity index (χ1) is 11.1. The zero-order valence-electron chi connectivity index (χ0n) is 15.9. The van der Waals surface area contributed by atoms with Gasteiger partial charge in [0.05, 0.1) is 0 Å². The number of rotatable bonds is 2. The molecule has 6 unspecified atom stereocenters. The molecule has 0 nitrogen and oxygen atoms in total. The van der Waals surface area contributed by atoms with E-state index in [0.29, 0.717) is 0 Å². The van der Waals surface area contributed by atoms with Crippen LogP contribution in [0.15, 0.2) is 46.6 Å². The van der Waals surface area contributed by atoms with Gasteiger partial charge < -0.3 is 24.8 Å². The molecule has 136 valence electrons. The number of hydrogen-bond donors (Lipinski definition) is 0. The van der Waals surface area contributed by atoms with Crippen molar-refractivity contribution < 1.29 is 47.7 Å². The van der Waals surface area contributed by atoms with Crippen molar-refractivity contribution in [2.75, 3.05) is 0 Å². The maximum Gasteiger partial charge on any atom is -1.00 e. The van der Waals surface area contributed by atoms with Crippen molar-refractivity contribution >= 4 is 0 Å². The molecule has 0 aromatic rings. The maximum absolute atomic E-state index is 2.62. The molecule has 0 radical (unpaired) electrons. The van der Waals surface area contributed by atoms with E-state index in [1.165, 1.54) is 25.7 Å². The SMILES string of the molecule is CC1CCC(C)C2=C1C=C[CH]2[Hf+2][CH]1C=CC2=C1C(C)CCC2C.[Cl-].[Cl-]. The van der Waals surface area contributed by atoms with Gasteiger partial charge in [-0.15, -0.1) is 0 Å². The van der Waals surface area contributed by atoms with Gasteiger partial charge in [0.2, 0.25) is 0 Å². The second kappa shape index (κ2) is 8.61. The summed E-state index contributed by atoms with van der Waals surface area (Å²) < 4.78 is 1.79. The van der Waals surface area contributed by atoms with Gasteiger partial charge in [-0.25, -0.2) is 0 Å². The van der Waals surface area contributed by atoms with Gasteiger partial charge in [0.1, 0.15) is 0 Å². The molecule has 0 fully saturated rings. The summed E-state index contributed by atoms with van der Waals surface area (Å²) in [6, 6.07) is 0. The second-order valence-corrected chi connectivity index (χ2v) is 14.1. The molecule has 0 saturated carbocycles. The Balaban J connectivity index is 0.00000113. The van der Waals surface area contributed by atoms with E-state index in [9.17, 15) is 0 Å². The summed E-state index contributed by atoms with van der Waals surface area (Å²) in [6.45, 7) is 9.88. The molecule has 3 heteroatoms. The molecule has 0 aromatic carbocycles. The average Bonchev–Trinajstić information content (AvgIpc) is 3.14. The summed E-state index contributed by atoms with van der Waals surface area (Å²) in [4.78, 5) is 0. The predicted molar refractivity (Wildman–Crippen MR) is 95.0 cm³/mol. The van der Waals surface area contributed by atoms with Gasteiger partial charge in [0, 0.05) is 0 Å². The molecule has 0 aliphatic heterocycles. The first kappa shape index (κ1) is 21.7. The van der Waals surface area contributed by atoms with Gasteiger partial charge >= 0.3 is 154 Å². The van der Waals surface area contributed by atoms with Gasteiger partial charge in [-0.05, 0) is 0 Å². The summed E-state index contributed by atoms with van der Waals surface area (Å²) in [5.41, 5.74) is 7.24. The Hall–Kier alpha value is 0.410. The zero-order chi connectivity index (χ0) is 16.1. The summed E-state index contributed by atoms with van der Waals surface area (Å²) in [5.74, 6) is 3.31. The third kappa shape index (κ3) is 3.85. The van der Waals surface area contributed by atoms with Gasteiger partial charge in [-0.2, -0.15) is 0 Å². The Kier molecular flexibility index (Phi) is 7.48. The van der Waals surface area contributed by atoms with Crippen LogP contribution in [0.1, 0.15) is 53.4 Å². The van der Waals surface area contributed by atoms with Crippen molar-refractivity contribution in [3.8, 4) is 0 Å². The van der Waals surface area contributed by atoms with E-state index in [4.69, 9.17) is 0 Å². The van der Waals surface area contributed by atoms with Crippen LogP contribution in [0.3, 0.4) is 0 Å². The van der Waals surface area contributed by atoms with Gasteiger partial charge in [0.25, 0.3) is 0 Å². The van der Waals surface area contributed by atoms with E-state index < -0.39 is 22.9 Å². The van der Waals surface area contributed by atoms with Crippen LogP contribution in [0.2, 0.25) is 7.35 Å². The molecular formula is C22H30Cl2Hf. The van der Waals surface area contributed by atoms with Crippen molar-refractivity contribution in [1.82, 2.24) is 0 Å². The Morgan fingerprint density at radius 2 is 1.00 bits per heavy atom. The molecule has 25 heavy (non-hydrogen) atoms. The molecule has 0 amide bonds. The number of halogens is 2. The maximum atomic E-state index is 2.62. The van der Waals surface area contributed by atoms with Crippen LogP contribution in [0, 0.1) is 23.7 Å². The van der Waals surface area contributed by atoms with Crippen LogP contribution in [-0.4, -0.2) is 0 Å². The van der Waals surface area contributed by atoms with E-state index in [-0.39, 0.29) is 24.8 Å². The quantitative estimate of drug-likeness (QED) is 0.446. The van der Waals surface area contributed by atoms with Crippen molar-refractivity contribution in [3.63, 3.8) is 0 Å². The predicted octanol–water partition coefficient (Wildman–Crippen LogP) is 0.519. The van der Waals surface area contributed by atoms with Gasteiger partial charge in [0.15, 0.2) is 0 Å². The molecular weight excluding hydrogens is 514 g/mol. The van der Waals surface area contributed by atoms with Crippen LogP contribution in [0.25, 0.3) is 0 Å². The Labute approximate surface area is 177 Å². The standard InChI is InChI=1S/2C11H15.2ClH.Hf/c2*1-8-6-7-9(2)11-5-3-4-10(8)11;;;/h2*3-5,8-9H,6-7H2,1-2H3;2*1H;/q;;;;+2/p-2. The van der Waals surface area contributed by atoms with E-state index in [0.717, 1.165) is 31.0 Å². The van der Waals surface area contributed by atoms with Crippen molar-refractivity contribution in [1.29, 1.82) is 0 Å². The molecule has 0 N–H and O–H groups in total. The fourth-order valence-corrected chi connectivity index (χ4v) is 12.8. The second-order valence-electron chi connectivity index (χ2n) is 8.42. The van der Waals surface area contributed by atoms with Crippen LogP contribution in [0.4, 0.5) is 0 Å². The molecule has 0 heterocycles. The topological polar surface area (TPSA) is 0 Å². The molecule has 0 saturated heterocycles. The number of allylic oxidation sites excluding steroid dienone is 8. The molecule has 4 aliphatic carbocycles. The minimum Gasteiger partial charge on any atom is -1.00 e. The average molecular weight is 544 g/mol. The van der Waals surface area contributed by atoms with Crippen LogP contribution in [-0.2, 0) is 22.9 Å². The minimum absolute atomic E-state index is 0. The molecule has 0 spiro atoms. The Morgan fingerprint density at radius 3 is 1.40 bits per heavy atom. The fraction of sp³-hybridized carbons (Fsp3) is 0.636. The molecule has 6 atom stereocenters. The van der Waals surface area contributed by atoms with Crippen LogP contribution in [0.5, 0.6) is 0 Å². The molecule has 4 rings (SSSR count). The summed E-state index contributed by atoms with van der Waals surface area (Å²) in [6.07, 6.45) is 15.9. The van der Waals surface area contributed by atoms with E-state index >= 15 is 0 Å². The van der Waals surface area contributed by atoms with Gasteiger partial charge in [-0.3, -0.25) is 0 Å². The van der Waals surface area contributed by atoms with Crippen molar-refractivity contribution in [2.45, 2.75) is 60.7 Å². The smallest absolute Gasteiger partial charge is 1.00 e. The largest absolute Gasteiger partial charge is 1.00 e. The number of hydrogen-bond acceptors (Lipinski definition) is 0. The van der Waals surface area contributed by atoms with Crippen LogP contribution < -0.4 is 24.8 Å². The molecule has 4 aliphatic rings. The molecule has 0 bridgehead atoms. The van der Waals surface area contributed by atoms with Crippen LogP contribution >= 0.6 is 0 Å².